The second kappa shape index (κ2) is 5.57. The van der Waals surface area contributed by atoms with Gasteiger partial charge in [0.15, 0.2) is 5.82 Å². The summed E-state index contributed by atoms with van der Waals surface area (Å²) in [6.45, 7) is 0. The molecule has 0 bridgehead atoms. The lowest BCUT2D eigenvalue weighted by molar-refractivity contribution is 0.770. The summed E-state index contributed by atoms with van der Waals surface area (Å²) in [5, 5.41) is 13.6. The average Bonchev–Trinajstić information content (AvgIpc) is 3.00. The standard InChI is InChI=1S/C16H11N5S/c1-2-5-12(6-3-1)9-14-11-18-21-15(19-20-16(21)22-14)13-7-4-8-17-10-13/h1-11H/b14-9-. The smallest absolute Gasteiger partial charge is 0.217 e. The van der Waals surface area contributed by atoms with Crippen LogP contribution in [-0.2, 0) is 0 Å². The van der Waals surface area contributed by atoms with Crippen LogP contribution < -0.4 is 0 Å². The Labute approximate surface area is 131 Å². The van der Waals surface area contributed by atoms with E-state index in [1.807, 2.05) is 36.5 Å². The number of nitrogens with zero attached hydrogens (tertiary/aromatic N) is 5. The quantitative estimate of drug-likeness (QED) is 0.729. The van der Waals surface area contributed by atoms with Crippen LogP contribution in [0.1, 0.15) is 5.56 Å². The van der Waals surface area contributed by atoms with Gasteiger partial charge < -0.3 is 0 Å². The minimum atomic E-state index is 0.700. The van der Waals surface area contributed by atoms with E-state index in [9.17, 15) is 0 Å². The Kier molecular flexibility index (Phi) is 3.29. The normalized spacial score (nSPS) is 15.0. The fourth-order valence-corrected chi connectivity index (χ4v) is 2.94. The van der Waals surface area contributed by atoms with Crippen LogP contribution >= 0.6 is 11.8 Å². The zero-order valence-electron chi connectivity index (χ0n) is 11.5. The highest BCUT2D eigenvalue weighted by Gasteiger charge is 2.18. The highest BCUT2D eigenvalue weighted by Crippen LogP contribution is 2.31. The van der Waals surface area contributed by atoms with Crippen LogP contribution in [0.5, 0.6) is 0 Å². The summed E-state index contributed by atoms with van der Waals surface area (Å²) in [7, 11) is 0. The second-order valence-electron chi connectivity index (χ2n) is 4.66. The predicted octanol–water partition coefficient (Wildman–Crippen LogP) is 3.32. The van der Waals surface area contributed by atoms with Gasteiger partial charge in [-0.2, -0.15) is 9.78 Å². The first-order chi connectivity index (χ1) is 10.9. The Bertz CT molecular complexity index is 853. The summed E-state index contributed by atoms with van der Waals surface area (Å²) < 4.78 is 1.74. The van der Waals surface area contributed by atoms with E-state index in [-0.39, 0.29) is 0 Å². The van der Waals surface area contributed by atoms with Gasteiger partial charge in [-0.1, -0.05) is 30.3 Å². The third-order valence-electron chi connectivity index (χ3n) is 3.15. The Hall–Kier alpha value is -2.73. The van der Waals surface area contributed by atoms with Gasteiger partial charge in [0.25, 0.3) is 0 Å². The molecular formula is C16H11N5S. The van der Waals surface area contributed by atoms with Crippen molar-refractivity contribution >= 4 is 24.1 Å². The summed E-state index contributed by atoms with van der Waals surface area (Å²) in [5.41, 5.74) is 2.03. The van der Waals surface area contributed by atoms with E-state index in [0.717, 1.165) is 21.2 Å². The lowest BCUT2D eigenvalue weighted by atomic mass is 10.2. The highest BCUT2D eigenvalue weighted by atomic mass is 32.2. The number of hydrogen-bond donors (Lipinski definition) is 0. The molecule has 3 heterocycles. The van der Waals surface area contributed by atoms with Crippen LogP contribution in [-0.4, -0.2) is 26.1 Å². The third-order valence-corrected chi connectivity index (χ3v) is 4.05. The van der Waals surface area contributed by atoms with E-state index in [1.165, 1.54) is 0 Å². The van der Waals surface area contributed by atoms with E-state index in [4.69, 9.17) is 0 Å². The molecule has 1 aliphatic heterocycles. The van der Waals surface area contributed by atoms with Gasteiger partial charge in [0.2, 0.25) is 5.16 Å². The molecule has 0 unspecified atom stereocenters. The van der Waals surface area contributed by atoms with E-state index in [2.05, 4.69) is 38.5 Å². The van der Waals surface area contributed by atoms with Crippen molar-refractivity contribution in [2.45, 2.75) is 5.16 Å². The molecule has 4 rings (SSSR count). The van der Waals surface area contributed by atoms with Crippen molar-refractivity contribution in [1.29, 1.82) is 0 Å². The number of hydrogen-bond acceptors (Lipinski definition) is 5. The van der Waals surface area contributed by atoms with Crippen LogP contribution in [0.4, 0.5) is 0 Å². The molecule has 0 spiro atoms. The topological polar surface area (TPSA) is 56.0 Å². The highest BCUT2D eigenvalue weighted by molar-refractivity contribution is 8.04. The van der Waals surface area contributed by atoms with E-state index < -0.39 is 0 Å². The van der Waals surface area contributed by atoms with Crippen molar-refractivity contribution in [1.82, 2.24) is 19.9 Å². The van der Waals surface area contributed by atoms with Crippen molar-refractivity contribution in [2.75, 3.05) is 0 Å². The fourth-order valence-electron chi connectivity index (χ4n) is 2.13. The lowest BCUT2D eigenvalue weighted by Crippen LogP contribution is -2.01. The van der Waals surface area contributed by atoms with Gasteiger partial charge in [-0.15, -0.1) is 10.2 Å². The molecule has 5 nitrogen and oxygen atoms in total. The summed E-state index contributed by atoms with van der Waals surface area (Å²) in [6.07, 6.45) is 7.40. The number of rotatable bonds is 2. The fraction of sp³-hybridized carbons (Fsp3) is 0. The first kappa shape index (κ1) is 13.0. The lowest BCUT2D eigenvalue weighted by Gasteiger charge is -2.09. The van der Waals surface area contributed by atoms with Crippen molar-refractivity contribution in [3.63, 3.8) is 0 Å². The molecule has 0 atom stereocenters. The van der Waals surface area contributed by atoms with Crippen LogP contribution in [0.15, 0.2) is 70.0 Å². The minimum absolute atomic E-state index is 0.700. The van der Waals surface area contributed by atoms with Gasteiger partial charge in [-0.3, -0.25) is 4.98 Å². The summed E-state index contributed by atoms with van der Waals surface area (Å²) >= 11 is 1.55. The summed E-state index contributed by atoms with van der Waals surface area (Å²) in [5.74, 6) is 0.700. The zero-order valence-corrected chi connectivity index (χ0v) is 12.3. The Morgan fingerprint density at radius 1 is 1.00 bits per heavy atom. The SMILES string of the molecule is C1=Nn2c(nnc2-c2cccnc2)S/C1=C\c1ccccc1. The maximum absolute atomic E-state index is 4.46. The van der Waals surface area contributed by atoms with Crippen molar-refractivity contribution in [2.24, 2.45) is 5.10 Å². The Morgan fingerprint density at radius 2 is 1.91 bits per heavy atom. The molecule has 0 fully saturated rings. The summed E-state index contributed by atoms with van der Waals surface area (Å²) in [4.78, 5) is 5.14. The van der Waals surface area contributed by atoms with Crippen LogP contribution in [0.25, 0.3) is 17.5 Å². The number of thioether (sulfide) groups is 1. The van der Waals surface area contributed by atoms with Crippen LogP contribution in [0, 0.1) is 0 Å². The Balaban J connectivity index is 1.68. The van der Waals surface area contributed by atoms with E-state index in [1.54, 1.807) is 28.8 Å². The third kappa shape index (κ3) is 2.44. The molecule has 1 aromatic carbocycles. The van der Waals surface area contributed by atoms with Crippen molar-refractivity contribution < 1.29 is 0 Å². The molecule has 3 aromatic rings. The molecule has 0 saturated carbocycles. The summed E-state index contributed by atoms with van der Waals surface area (Å²) in [6, 6.07) is 14.0. The van der Waals surface area contributed by atoms with Crippen molar-refractivity contribution in [3.8, 4) is 11.4 Å². The average molecular weight is 305 g/mol. The van der Waals surface area contributed by atoms with Crippen LogP contribution in [0.3, 0.4) is 0 Å². The monoisotopic (exact) mass is 305 g/mol. The molecule has 0 amide bonds. The largest absolute Gasteiger partial charge is 0.264 e. The second-order valence-corrected chi connectivity index (χ2v) is 5.70. The molecule has 0 radical (unpaired) electrons. The molecule has 106 valence electrons. The van der Waals surface area contributed by atoms with Gasteiger partial charge in [0.05, 0.1) is 6.21 Å². The van der Waals surface area contributed by atoms with Crippen LogP contribution in [0.2, 0.25) is 0 Å². The van der Waals surface area contributed by atoms with Crippen molar-refractivity contribution in [3.05, 3.63) is 65.3 Å². The Morgan fingerprint density at radius 3 is 2.73 bits per heavy atom. The van der Waals surface area contributed by atoms with Gasteiger partial charge in [-0.25, -0.2) is 0 Å². The van der Waals surface area contributed by atoms with Gasteiger partial charge in [0.1, 0.15) is 0 Å². The molecular weight excluding hydrogens is 294 g/mol. The number of fused-ring (bicyclic) bond motifs is 1. The molecule has 6 heteroatoms. The zero-order chi connectivity index (χ0) is 14.8. The minimum Gasteiger partial charge on any atom is -0.264 e. The number of benzene rings is 1. The van der Waals surface area contributed by atoms with E-state index >= 15 is 0 Å². The molecule has 2 aromatic heterocycles. The molecule has 22 heavy (non-hydrogen) atoms. The molecule has 0 N–H and O–H groups in total. The predicted molar refractivity (Wildman–Crippen MR) is 87.4 cm³/mol. The van der Waals surface area contributed by atoms with Gasteiger partial charge in [0, 0.05) is 22.9 Å². The molecule has 0 aliphatic carbocycles. The number of pyridine rings is 1. The first-order valence-electron chi connectivity index (χ1n) is 6.75. The van der Waals surface area contributed by atoms with Gasteiger partial charge in [-0.05, 0) is 35.5 Å². The first-order valence-corrected chi connectivity index (χ1v) is 7.56. The molecule has 0 saturated heterocycles. The number of aromatic nitrogens is 4. The van der Waals surface area contributed by atoms with Gasteiger partial charge >= 0.3 is 0 Å². The number of allylic oxidation sites excluding steroid dienone is 1. The maximum atomic E-state index is 4.46. The van der Waals surface area contributed by atoms with E-state index in [0.29, 0.717) is 5.82 Å². The molecule has 1 aliphatic rings. The maximum Gasteiger partial charge on any atom is 0.217 e.